The minimum absolute atomic E-state index is 0.292. The summed E-state index contributed by atoms with van der Waals surface area (Å²) in [7, 11) is 0. The van der Waals surface area contributed by atoms with Gasteiger partial charge in [-0.2, -0.15) is 0 Å². The molecule has 1 aromatic carbocycles. The number of hydrazine groups is 1. The monoisotopic (exact) mass is 204 g/mol. The van der Waals surface area contributed by atoms with Gasteiger partial charge in [0.15, 0.2) is 0 Å². The smallest absolute Gasteiger partial charge is 0.0457 e. The Hall–Kier alpha value is -0.860. The molecule has 0 aliphatic heterocycles. The minimum Gasteiger partial charge on any atom is -0.271 e. The van der Waals surface area contributed by atoms with Crippen molar-refractivity contribution in [3.8, 4) is 0 Å². The van der Waals surface area contributed by atoms with Crippen molar-refractivity contribution in [2.24, 2.45) is 5.84 Å². The van der Waals surface area contributed by atoms with Crippen molar-refractivity contribution in [3.05, 3.63) is 35.4 Å². The van der Waals surface area contributed by atoms with Crippen LogP contribution in [0.4, 0.5) is 0 Å². The predicted octanol–water partition coefficient (Wildman–Crippen LogP) is 2.87. The fourth-order valence-corrected chi connectivity index (χ4v) is 2.19. The number of hydrogen-bond acceptors (Lipinski definition) is 2. The molecule has 2 nitrogen and oxygen atoms in total. The van der Waals surface area contributed by atoms with Crippen LogP contribution >= 0.6 is 0 Å². The molecule has 0 amide bonds. The van der Waals surface area contributed by atoms with Crippen LogP contribution in [0.3, 0.4) is 0 Å². The normalized spacial score (nSPS) is 18.5. The van der Waals surface area contributed by atoms with E-state index in [-0.39, 0.29) is 0 Å². The zero-order valence-electron chi connectivity index (χ0n) is 9.37. The molecule has 1 aliphatic rings. The number of nitrogens with two attached hydrogens (primary N) is 1. The van der Waals surface area contributed by atoms with E-state index in [1.165, 1.54) is 30.4 Å². The van der Waals surface area contributed by atoms with E-state index in [0.717, 1.165) is 12.3 Å². The van der Waals surface area contributed by atoms with Gasteiger partial charge < -0.3 is 0 Å². The quantitative estimate of drug-likeness (QED) is 0.584. The number of hydrogen-bond donors (Lipinski definition) is 2. The molecule has 2 heteroatoms. The highest BCUT2D eigenvalue weighted by atomic mass is 15.2. The van der Waals surface area contributed by atoms with E-state index in [2.05, 4.69) is 36.6 Å². The lowest BCUT2D eigenvalue weighted by molar-refractivity contribution is 0.419. The predicted molar refractivity (Wildman–Crippen MR) is 63.4 cm³/mol. The van der Waals surface area contributed by atoms with Gasteiger partial charge in [0.25, 0.3) is 0 Å². The van der Waals surface area contributed by atoms with Crippen molar-refractivity contribution in [2.75, 3.05) is 0 Å². The lowest BCUT2D eigenvalue weighted by Gasteiger charge is -2.26. The summed E-state index contributed by atoms with van der Waals surface area (Å²) in [4.78, 5) is 0. The van der Waals surface area contributed by atoms with Crippen molar-refractivity contribution in [2.45, 2.75) is 44.6 Å². The second-order valence-corrected chi connectivity index (χ2v) is 4.42. The molecule has 1 saturated carbocycles. The Morgan fingerprint density at radius 3 is 2.40 bits per heavy atom. The van der Waals surface area contributed by atoms with Crippen molar-refractivity contribution < 1.29 is 0 Å². The molecule has 1 aromatic rings. The second kappa shape index (κ2) is 4.77. The molecule has 1 aliphatic carbocycles. The number of nitrogens with one attached hydrogen (secondary N) is 1. The molecule has 1 fully saturated rings. The third-order valence-electron chi connectivity index (χ3n) is 3.52. The zero-order chi connectivity index (χ0) is 10.7. The minimum atomic E-state index is 0.292. The third-order valence-corrected chi connectivity index (χ3v) is 3.52. The average molecular weight is 204 g/mol. The summed E-state index contributed by atoms with van der Waals surface area (Å²) in [6, 6.07) is 9.24. The SMILES string of the molecule is CCC(NN)c1ccc(C2CCC2)cc1. The van der Waals surface area contributed by atoms with E-state index in [4.69, 9.17) is 5.84 Å². The van der Waals surface area contributed by atoms with E-state index in [9.17, 15) is 0 Å². The second-order valence-electron chi connectivity index (χ2n) is 4.42. The Morgan fingerprint density at radius 1 is 1.33 bits per heavy atom. The molecule has 0 aromatic heterocycles. The summed E-state index contributed by atoms with van der Waals surface area (Å²) in [6.45, 7) is 2.14. The van der Waals surface area contributed by atoms with Gasteiger partial charge >= 0.3 is 0 Å². The lowest BCUT2D eigenvalue weighted by Crippen LogP contribution is -2.27. The van der Waals surface area contributed by atoms with Gasteiger partial charge in [0.1, 0.15) is 0 Å². The largest absolute Gasteiger partial charge is 0.271 e. The Bertz CT molecular complexity index is 297. The van der Waals surface area contributed by atoms with Crippen molar-refractivity contribution in [3.63, 3.8) is 0 Å². The Kier molecular flexibility index (Phi) is 3.39. The van der Waals surface area contributed by atoms with Gasteiger partial charge in [-0.15, -0.1) is 0 Å². The van der Waals surface area contributed by atoms with E-state index >= 15 is 0 Å². The summed E-state index contributed by atoms with van der Waals surface area (Å²) >= 11 is 0. The highest BCUT2D eigenvalue weighted by Crippen LogP contribution is 2.36. The highest BCUT2D eigenvalue weighted by molar-refractivity contribution is 5.28. The van der Waals surface area contributed by atoms with Gasteiger partial charge in [-0.25, -0.2) is 0 Å². The van der Waals surface area contributed by atoms with Gasteiger partial charge in [0.05, 0.1) is 0 Å². The maximum atomic E-state index is 5.50. The van der Waals surface area contributed by atoms with Gasteiger partial charge in [0, 0.05) is 6.04 Å². The third kappa shape index (κ3) is 2.21. The first-order chi connectivity index (χ1) is 7.35. The maximum Gasteiger partial charge on any atom is 0.0457 e. The summed E-state index contributed by atoms with van der Waals surface area (Å²) in [5.74, 6) is 6.32. The molecule has 2 rings (SSSR count). The van der Waals surface area contributed by atoms with Crippen LogP contribution < -0.4 is 11.3 Å². The first-order valence-corrected chi connectivity index (χ1v) is 5.91. The zero-order valence-corrected chi connectivity index (χ0v) is 9.37. The van der Waals surface area contributed by atoms with Crippen LogP contribution in [-0.4, -0.2) is 0 Å². The molecule has 15 heavy (non-hydrogen) atoms. The topological polar surface area (TPSA) is 38.0 Å². The van der Waals surface area contributed by atoms with Gasteiger partial charge in [-0.1, -0.05) is 37.6 Å². The molecule has 1 atom stereocenters. The Labute approximate surface area is 91.8 Å². The maximum absolute atomic E-state index is 5.50. The summed E-state index contributed by atoms with van der Waals surface area (Å²) < 4.78 is 0. The molecule has 3 N–H and O–H groups in total. The van der Waals surface area contributed by atoms with E-state index in [1.807, 2.05) is 0 Å². The lowest BCUT2D eigenvalue weighted by atomic mass is 9.80. The van der Waals surface area contributed by atoms with Crippen molar-refractivity contribution in [1.82, 2.24) is 5.43 Å². The summed E-state index contributed by atoms with van der Waals surface area (Å²) in [5.41, 5.74) is 5.64. The highest BCUT2D eigenvalue weighted by Gasteiger charge is 2.19. The van der Waals surface area contributed by atoms with E-state index < -0.39 is 0 Å². The summed E-state index contributed by atoms with van der Waals surface area (Å²) in [6.07, 6.45) is 5.16. The van der Waals surface area contributed by atoms with Gasteiger partial charge in [-0.3, -0.25) is 11.3 Å². The van der Waals surface area contributed by atoms with Gasteiger partial charge in [-0.05, 0) is 36.3 Å². The molecule has 1 unspecified atom stereocenters. The van der Waals surface area contributed by atoms with Gasteiger partial charge in [0.2, 0.25) is 0 Å². The Balaban J connectivity index is 2.08. The molecular weight excluding hydrogens is 184 g/mol. The Morgan fingerprint density at radius 2 is 2.00 bits per heavy atom. The fraction of sp³-hybridized carbons (Fsp3) is 0.538. The van der Waals surface area contributed by atoms with Crippen LogP contribution in [0, 0.1) is 0 Å². The molecule has 0 spiro atoms. The van der Waals surface area contributed by atoms with Crippen molar-refractivity contribution >= 4 is 0 Å². The molecular formula is C13H20N2. The number of benzene rings is 1. The van der Waals surface area contributed by atoms with Crippen LogP contribution in [0.25, 0.3) is 0 Å². The fourth-order valence-electron chi connectivity index (χ4n) is 2.19. The first kappa shape index (κ1) is 10.7. The first-order valence-electron chi connectivity index (χ1n) is 5.91. The molecule has 82 valence electrons. The van der Waals surface area contributed by atoms with E-state index in [1.54, 1.807) is 0 Å². The van der Waals surface area contributed by atoms with Crippen molar-refractivity contribution in [1.29, 1.82) is 0 Å². The van der Waals surface area contributed by atoms with Crippen LogP contribution in [0.15, 0.2) is 24.3 Å². The van der Waals surface area contributed by atoms with Crippen LogP contribution in [0.2, 0.25) is 0 Å². The molecule has 0 saturated heterocycles. The van der Waals surface area contributed by atoms with Crippen LogP contribution in [0.1, 0.15) is 55.7 Å². The van der Waals surface area contributed by atoms with Crippen LogP contribution in [-0.2, 0) is 0 Å². The molecule has 0 radical (unpaired) electrons. The standard InChI is InChI=1S/C13H20N2/c1-2-13(15-14)12-8-6-11(7-9-12)10-4-3-5-10/h6-10,13,15H,2-5,14H2,1H3. The van der Waals surface area contributed by atoms with E-state index in [0.29, 0.717) is 6.04 Å². The molecule has 0 bridgehead atoms. The summed E-state index contributed by atoms with van der Waals surface area (Å²) in [5, 5.41) is 0. The van der Waals surface area contributed by atoms with Crippen LogP contribution in [0.5, 0.6) is 0 Å². The molecule has 0 heterocycles. The number of rotatable bonds is 4. The average Bonchev–Trinajstić information content (AvgIpc) is 2.20.